The molecule has 1 aliphatic rings. The molecule has 0 aliphatic heterocycles. The lowest BCUT2D eigenvalue weighted by Crippen LogP contribution is -2.26. The van der Waals surface area contributed by atoms with Gasteiger partial charge in [-0.05, 0) is 34.2 Å². The SMILES string of the molecule is CC1(C)CC(=O)c2cc3ccccc3cc2C1. The molecule has 0 fully saturated rings. The minimum absolute atomic E-state index is 0.104. The van der Waals surface area contributed by atoms with E-state index in [1.165, 1.54) is 16.3 Å². The van der Waals surface area contributed by atoms with Crippen molar-refractivity contribution in [2.45, 2.75) is 26.7 Å². The van der Waals surface area contributed by atoms with Gasteiger partial charge in [0, 0.05) is 12.0 Å². The summed E-state index contributed by atoms with van der Waals surface area (Å²) in [5.41, 5.74) is 2.25. The maximum absolute atomic E-state index is 12.1. The number of carbonyl (C=O) groups is 1. The molecule has 0 aromatic heterocycles. The van der Waals surface area contributed by atoms with Gasteiger partial charge in [0.1, 0.15) is 0 Å². The fourth-order valence-corrected chi connectivity index (χ4v) is 2.80. The maximum atomic E-state index is 12.1. The molecule has 0 spiro atoms. The van der Waals surface area contributed by atoms with Crippen LogP contribution in [0.1, 0.15) is 36.2 Å². The van der Waals surface area contributed by atoms with E-state index in [1.807, 2.05) is 12.1 Å². The fraction of sp³-hybridized carbons (Fsp3) is 0.312. The van der Waals surface area contributed by atoms with E-state index in [0.717, 1.165) is 12.0 Å². The highest BCUT2D eigenvalue weighted by atomic mass is 16.1. The van der Waals surface area contributed by atoms with Crippen LogP contribution in [-0.4, -0.2) is 5.78 Å². The van der Waals surface area contributed by atoms with Crippen LogP contribution >= 0.6 is 0 Å². The van der Waals surface area contributed by atoms with Gasteiger partial charge in [0.05, 0.1) is 0 Å². The van der Waals surface area contributed by atoms with Crippen molar-refractivity contribution in [1.29, 1.82) is 0 Å². The van der Waals surface area contributed by atoms with Crippen LogP contribution in [-0.2, 0) is 6.42 Å². The molecule has 86 valence electrons. The smallest absolute Gasteiger partial charge is 0.163 e. The number of carbonyl (C=O) groups excluding carboxylic acids is 1. The Kier molecular flexibility index (Phi) is 2.12. The molecule has 2 aromatic carbocycles. The Labute approximate surface area is 101 Å². The van der Waals surface area contributed by atoms with Crippen LogP contribution in [0, 0.1) is 5.41 Å². The van der Waals surface area contributed by atoms with E-state index < -0.39 is 0 Å². The van der Waals surface area contributed by atoms with Crippen molar-refractivity contribution in [1.82, 2.24) is 0 Å². The molecular formula is C16H16O. The van der Waals surface area contributed by atoms with E-state index >= 15 is 0 Å². The summed E-state index contributed by atoms with van der Waals surface area (Å²) in [5.74, 6) is 0.294. The summed E-state index contributed by atoms with van der Waals surface area (Å²) in [6.45, 7) is 4.34. The van der Waals surface area contributed by atoms with Gasteiger partial charge in [-0.25, -0.2) is 0 Å². The first-order valence-electron chi connectivity index (χ1n) is 6.10. The summed E-state index contributed by atoms with van der Waals surface area (Å²) >= 11 is 0. The second-order valence-electron chi connectivity index (χ2n) is 5.80. The van der Waals surface area contributed by atoms with Crippen molar-refractivity contribution in [3.8, 4) is 0 Å². The van der Waals surface area contributed by atoms with Crippen molar-refractivity contribution in [3.05, 3.63) is 47.5 Å². The molecule has 0 radical (unpaired) electrons. The second kappa shape index (κ2) is 3.43. The zero-order valence-electron chi connectivity index (χ0n) is 10.3. The summed E-state index contributed by atoms with van der Waals surface area (Å²) in [6.07, 6.45) is 1.66. The molecule has 1 nitrogen and oxygen atoms in total. The summed E-state index contributed by atoms with van der Waals surface area (Å²) in [5, 5.41) is 2.40. The monoisotopic (exact) mass is 224 g/mol. The Bertz CT molecular complexity index is 608. The molecule has 17 heavy (non-hydrogen) atoms. The molecule has 0 bridgehead atoms. The Morgan fingerprint density at radius 3 is 2.35 bits per heavy atom. The summed E-state index contributed by atoms with van der Waals surface area (Å²) in [6, 6.07) is 12.5. The molecule has 2 aromatic rings. The molecule has 0 saturated carbocycles. The number of hydrogen-bond donors (Lipinski definition) is 0. The predicted molar refractivity (Wildman–Crippen MR) is 70.4 cm³/mol. The molecule has 0 amide bonds. The van der Waals surface area contributed by atoms with E-state index in [1.54, 1.807) is 0 Å². The maximum Gasteiger partial charge on any atom is 0.163 e. The van der Waals surface area contributed by atoms with Gasteiger partial charge in [-0.1, -0.05) is 44.2 Å². The van der Waals surface area contributed by atoms with Crippen LogP contribution in [0.2, 0.25) is 0 Å². The Morgan fingerprint density at radius 1 is 1.00 bits per heavy atom. The van der Waals surface area contributed by atoms with E-state index in [0.29, 0.717) is 12.2 Å². The van der Waals surface area contributed by atoms with Crippen LogP contribution in [0.15, 0.2) is 36.4 Å². The standard InChI is InChI=1S/C16H16O/c1-16(2)9-13-7-11-5-3-4-6-12(11)8-14(13)15(17)10-16/h3-8H,9-10H2,1-2H3. The van der Waals surface area contributed by atoms with Crippen molar-refractivity contribution in [2.24, 2.45) is 5.41 Å². The molecule has 3 rings (SSSR count). The number of hydrogen-bond acceptors (Lipinski definition) is 1. The molecule has 0 heterocycles. The average molecular weight is 224 g/mol. The zero-order valence-corrected chi connectivity index (χ0v) is 10.3. The van der Waals surface area contributed by atoms with Gasteiger partial charge in [-0.15, -0.1) is 0 Å². The molecule has 1 aliphatic carbocycles. The van der Waals surface area contributed by atoms with E-state index in [9.17, 15) is 4.79 Å². The van der Waals surface area contributed by atoms with Crippen LogP contribution in [0.4, 0.5) is 0 Å². The Morgan fingerprint density at radius 2 is 1.65 bits per heavy atom. The number of ketones is 1. The number of Topliss-reactive ketones (excluding diaryl/α,β-unsaturated/α-hetero) is 1. The van der Waals surface area contributed by atoms with Gasteiger partial charge in [0.2, 0.25) is 0 Å². The summed E-state index contributed by atoms with van der Waals surface area (Å²) in [4.78, 5) is 12.1. The first-order chi connectivity index (χ1) is 8.05. The van der Waals surface area contributed by atoms with Gasteiger partial charge in [-0.3, -0.25) is 4.79 Å². The third-order valence-corrected chi connectivity index (χ3v) is 3.58. The summed E-state index contributed by atoms with van der Waals surface area (Å²) < 4.78 is 0. The highest BCUT2D eigenvalue weighted by molar-refractivity contribution is 6.02. The van der Waals surface area contributed by atoms with E-state index in [4.69, 9.17) is 0 Å². The number of rotatable bonds is 0. The van der Waals surface area contributed by atoms with Crippen molar-refractivity contribution in [2.75, 3.05) is 0 Å². The average Bonchev–Trinajstić information content (AvgIpc) is 2.25. The fourth-order valence-electron chi connectivity index (χ4n) is 2.80. The topological polar surface area (TPSA) is 17.1 Å². The lowest BCUT2D eigenvalue weighted by molar-refractivity contribution is 0.0912. The highest BCUT2D eigenvalue weighted by Gasteiger charge is 2.30. The molecule has 0 N–H and O–H groups in total. The molecule has 1 heteroatoms. The zero-order chi connectivity index (χ0) is 12.0. The van der Waals surface area contributed by atoms with Crippen LogP contribution in [0.25, 0.3) is 10.8 Å². The largest absolute Gasteiger partial charge is 0.294 e. The first kappa shape index (κ1) is 10.5. The van der Waals surface area contributed by atoms with Gasteiger partial charge in [0.25, 0.3) is 0 Å². The molecule has 0 unspecified atom stereocenters. The van der Waals surface area contributed by atoms with Gasteiger partial charge < -0.3 is 0 Å². The van der Waals surface area contributed by atoms with E-state index in [-0.39, 0.29) is 5.41 Å². The lowest BCUT2D eigenvalue weighted by Gasteiger charge is -2.30. The third kappa shape index (κ3) is 1.76. The van der Waals surface area contributed by atoms with Crippen molar-refractivity contribution < 1.29 is 4.79 Å². The van der Waals surface area contributed by atoms with Crippen LogP contribution in [0.5, 0.6) is 0 Å². The first-order valence-corrected chi connectivity index (χ1v) is 6.10. The molecular weight excluding hydrogens is 208 g/mol. The second-order valence-corrected chi connectivity index (χ2v) is 5.80. The third-order valence-electron chi connectivity index (χ3n) is 3.58. The van der Waals surface area contributed by atoms with Gasteiger partial charge >= 0.3 is 0 Å². The highest BCUT2D eigenvalue weighted by Crippen LogP contribution is 2.36. The number of fused-ring (bicyclic) bond motifs is 2. The lowest BCUT2D eigenvalue weighted by atomic mass is 9.73. The number of benzene rings is 2. The quantitative estimate of drug-likeness (QED) is 0.661. The van der Waals surface area contributed by atoms with Crippen molar-refractivity contribution >= 4 is 16.6 Å². The molecule has 0 saturated heterocycles. The van der Waals surface area contributed by atoms with E-state index in [2.05, 4.69) is 38.1 Å². The van der Waals surface area contributed by atoms with Crippen molar-refractivity contribution in [3.63, 3.8) is 0 Å². The van der Waals surface area contributed by atoms with Crippen LogP contribution < -0.4 is 0 Å². The normalized spacial score (nSPS) is 18.1. The minimum Gasteiger partial charge on any atom is -0.294 e. The van der Waals surface area contributed by atoms with Gasteiger partial charge in [0.15, 0.2) is 5.78 Å². The van der Waals surface area contributed by atoms with Gasteiger partial charge in [-0.2, -0.15) is 0 Å². The molecule has 0 atom stereocenters. The summed E-state index contributed by atoms with van der Waals surface area (Å²) in [7, 11) is 0. The minimum atomic E-state index is 0.104. The van der Waals surface area contributed by atoms with Crippen LogP contribution in [0.3, 0.4) is 0 Å². The Balaban J connectivity index is 2.25. The predicted octanol–water partition coefficient (Wildman–Crippen LogP) is 3.99. The Hall–Kier alpha value is -1.63.